The number of allylic oxidation sites excluding steroid dienone is 1. The Kier molecular flexibility index (Phi) is 5.27. The predicted molar refractivity (Wildman–Crippen MR) is 71.5 cm³/mol. The summed E-state index contributed by atoms with van der Waals surface area (Å²) >= 11 is 0. The van der Waals surface area contributed by atoms with E-state index in [0.29, 0.717) is 12.0 Å². The van der Waals surface area contributed by atoms with Crippen molar-refractivity contribution in [3.05, 3.63) is 48.0 Å². The van der Waals surface area contributed by atoms with E-state index in [4.69, 9.17) is 0 Å². The molecule has 0 fully saturated rings. The van der Waals surface area contributed by atoms with E-state index in [-0.39, 0.29) is 0 Å². The van der Waals surface area contributed by atoms with Crippen molar-refractivity contribution in [2.75, 3.05) is 0 Å². The lowest BCUT2D eigenvalue weighted by Gasteiger charge is -2.20. The zero-order valence-corrected chi connectivity index (χ0v) is 10.7. The summed E-state index contributed by atoms with van der Waals surface area (Å²) in [6.07, 6.45) is 3.07. The van der Waals surface area contributed by atoms with E-state index in [2.05, 4.69) is 56.9 Å². The molecule has 0 bridgehead atoms. The maximum atomic E-state index is 3.78. The van der Waals surface area contributed by atoms with Crippen molar-refractivity contribution in [2.45, 2.75) is 39.8 Å². The van der Waals surface area contributed by atoms with E-state index >= 15 is 0 Å². The van der Waals surface area contributed by atoms with Gasteiger partial charge in [-0.3, -0.25) is 0 Å². The molecule has 1 N–H and O–H groups in total. The zero-order chi connectivity index (χ0) is 12.0. The van der Waals surface area contributed by atoms with Crippen LogP contribution in [-0.4, -0.2) is 6.04 Å². The molecule has 0 spiro atoms. The third-order valence-electron chi connectivity index (χ3n) is 3.14. The summed E-state index contributed by atoms with van der Waals surface area (Å²) in [6, 6.07) is 9.23. The average molecular weight is 217 g/mol. The first-order valence-electron chi connectivity index (χ1n) is 6.03. The van der Waals surface area contributed by atoms with Gasteiger partial charge < -0.3 is 5.32 Å². The van der Waals surface area contributed by atoms with E-state index in [1.807, 2.05) is 6.08 Å². The summed E-state index contributed by atoms with van der Waals surface area (Å²) in [6.45, 7) is 11.3. The van der Waals surface area contributed by atoms with E-state index in [1.165, 1.54) is 11.1 Å². The maximum absolute atomic E-state index is 3.78. The van der Waals surface area contributed by atoms with Crippen molar-refractivity contribution in [3.63, 3.8) is 0 Å². The molecule has 1 nitrogen and oxygen atoms in total. The molecule has 0 heterocycles. The second-order valence-electron chi connectivity index (χ2n) is 4.66. The highest BCUT2D eigenvalue weighted by atomic mass is 14.9. The molecule has 2 unspecified atom stereocenters. The monoisotopic (exact) mass is 217 g/mol. The van der Waals surface area contributed by atoms with Gasteiger partial charge in [0, 0.05) is 12.6 Å². The van der Waals surface area contributed by atoms with Crippen molar-refractivity contribution < 1.29 is 0 Å². The van der Waals surface area contributed by atoms with Gasteiger partial charge >= 0.3 is 0 Å². The Hall–Kier alpha value is -1.08. The van der Waals surface area contributed by atoms with Crippen molar-refractivity contribution in [1.82, 2.24) is 5.32 Å². The number of benzene rings is 1. The van der Waals surface area contributed by atoms with Crippen LogP contribution in [0.1, 0.15) is 31.4 Å². The Morgan fingerprint density at radius 2 is 1.88 bits per heavy atom. The van der Waals surface area contributed by atoms with Gasteiger partial charge in [-0.25, -0.2) is 0 Å². The molecule has 1 aromatic rings. The van der Waals surface area contributed by atoms with Crippen LogP contribution in [0.4, 0.5) is 0 Å². The second kappa shape index (κ2) is 6.49. The van der Waals surface area contributed by atoms with Crippen LogP contribution in [0.3, 0.4) is 0 Å². The van der Waals surface area contributed by atoms with Crippen molar-refractivity contribution in [3.8, 4) is 0 Å². The van der Waals surface area contributed by atoms with Gasteiger partial charge in [0.05, 0.1) is 0 Å². The first-order valence-corrected chi connectivity index (χ1v) is 6.03. The summed E-state index contributed by atoms with van der Waals surface area (Å²) in [5, 5.41) is 3.56. The fourth-order valence-electron chi connectivity index (χ4n) is 1.65. The molecule has 1 aromatic carbocycles. The van der Waals surface area contributed by atoms with E-state index < -0.39 is 0 Å². The minimum atomic E-state index is 0.527. The molecule has 1 heteroatoms. The van der Waals surface area contributed by atoms with Crippen LogP contribution in [-0.2, 0) is 6.54 Å². The van der Waals surface area contributed by atoms with Gasteiger partial charge in [0.15, 0.2) is 0 Å². The van der Waals surface area contributed by atoms with Crippen LogP contribution < -0.4 is 5.32 Å². The summed E-state index contributed by atoms with van der Waals surface area (Å²) < 4.78 is 0. The molecule has 0 aliphatic rings. The molecule has 0 aromatic heterocycles. The molecule has 1 rings (SSSR count). The van der Waals surface area contributed by atoms with E-state index in [0.717, 1.165) is 13.0 Å². The van der Waals surface area contributed by atoms with Crippen LogP contribution in [0.5, 0.6) is 0 Å². The number of nitrogens with one attached hydrogen (secondary N) is 1. The standard InChI is InChI=1S/C15H23N/c1-5-6-13(3)14(4)16-11-15-9-7-12(2)8-10-15/h5,7-10,13-14,16H,1,6,11H2,2-4H3. The summed E-state index contributed by atoms with van der Waals surface area (Å²) in [7, 11) is 0. The fourth-order valence-corrected chi connectivity index (χ4v) is 1.65. The molecule has 0 radical (unpaired) electrons. The molecule has 0 amide bonds. The quantitative estimate of drug-likeness (QED) is 0.717. The SMILES string of the molecule is C=CCC(C)C(C)NCc1ccc(C)cc1. The number of hydrogen-bond donors (Lipinski definition) is 1. The smallest absolute Gasteiger partial charge is 0.0208 e. The molecule has 0 saturated heterocycles. The third kappa shape index (κ3) is 4.19. The van der Waals surface area contributed by atoms with E-state index in [1.54, 1.807) is 0 Å². The lowest BCUT2D eigenvalue weighted by molar-refractivity contribution is 0.402. The zero-order valence-electron chi connectivity index (χ0n) is 10.7. The van der Waals surface area contributed by atoms with Crippen molar-refractivity contribution >= 4 is 0 Å². The highest BCUT2D eigenvalue weighted by Gasteiger charge is 2.09. The second-order valence-corrected chi connectivity index (χ2v) is 4.66. The minimum Gasteiger partial charge on any atom is -0.310 e. The number of rotatable bonds is 6. The summed E-state index contributed by atoms with van der Waals surface area (Å²) in [4.78, 5) is 0. The molecule has 16 heavy (non-hydrogen) atoms. The molecule has 2 atom stereocenters. The lowest BCUT2D eigenvalue weighted by atomic mass is 9.99. The third-order valence-corrected chi connectivity index (χ3v) is 3.14. The van der Waals surface area contributed by atoms with Gasteiger partial charge in [-0.05, 0) is 31.7 Å². The molecule has 0 aliphatic heterocycles. The first-order chi connectivity index (χ1) is 7.63. The van der Waals surface area contributed by atoms with Crippen molar-refractivity contribution in [1.29, 1.82) is 0 Å². The molecular weight excluding hydrogens is 194 g/mol. The highest BCUT2D eigenvalue weighted by Crippen LogP contribution is 2.09. The number of aryl methyl sites for hydroxylation is 1. The largest absolute Gasteiger partial charge is 0.310 e. The van der Waals surface area contributed by atoms with Gasteiger partial charge in [0.1, 0.15) is 0 Å². The van der Waals surface area contributed by atoms with Crippen LogP contribution >= 0.6 is 0 Å². The number of hydrogen-bond acceptors (Lipinski definition) is 1. The Labute approximate surface area is 99.6 Å². The van der Waals surface area contributed by atoms with Gasteiger partial charge in [0.25, 0.3) is 0 Å². The Morgan fingerprint density at radius 3 is 2.44 bits per heavy atom. The van der Waals surface area contributed by atoms with Gasteiger partial charge in [0.2, 0.25) is 0 Å². The Morgan fingerprint density at radius 1 is 1.25 bits per heavy atom. The molecule has 88 valence electrons. The van der Waals surface area contributed by atoms with E-state index in [9.17, 15) is 0 Å². The van der Waals surface area contributed by atoms with Crippen LogP contribution in [0.25, 0.3) is 0 Å². The average Bonchev–Trinajstić information content (AvgIpc) is 2.28. The maximum Gasteiger partial charge on any atom is 0.0208 e. The Bertz CT molecular complexity index is 313. The molecular formula is C15H23N. The Balaban J connectivity index is 2.39. The molecule has 0 aliphatic carbocycles. The lowest BCUT2D eigenvalue weighted by Crippen LogP contribution is -2.31. The fraction of sp³-hybridized carbons (Fsp3) is 0.467. The van der Waals surface area contributed by atoms with Crippen LogP contribution in [0, 0.1) is 12.8 Å². The summed E-state index contributed by atoms with van der Waals surface area (Å²) in [5.74, 6) is 0.642. The first kappa shape index (κ1) is 13.0. The van der Waals surface area contributed by atoms with Crippen LogP contribution in [0.2, 0.25) is 0 Å². The van der Waals surface area contributed by atoms with Crippen molar-refractivity contribution in [2.24, 2.45) is 5.92 Å². The van der Waals surface area contributed by atoms with Gasteiger partial charge in [-0.15, -0.1) is 6.58 Å². The van der Waals surface area contributed by atoms with Gasteiger partial charge in [-0.2, -0.15) is 0 Å². The normalized spacial score (nSPS) is 14.4. The summed E-state index contributed by atoms with van der Waals surface area (Å²) in [5.41, 5.74) is 2.67. The predicted octanol–water partition coefficient (Wildman–Crippen LogP) is 3.69. The van der Waals surface area contributed by atoms with Crippen LogP contribution in [0.15, 0.2) is 36.9 Å². The molecule has 0 saturated carbocycles. The highest BCUT2D eigenvalue weighted by molar-refractivity contribution is 5.21. The minimum absolute atomic E-state index is 0.527. The topological polar surface area (TPSA) is 12.0 Å². The van der Waals surface area contributed by atoms with Gasteiger partial charge in [-0.1, -0.05) is 42.8 Å².